The Balaban J connectivity index is 1.62. The molecule has 0 bridgehead atoms. The molecule has 0 aliphatic carbocycles. The van der Waals surface area contributed by atoms with Gasteiger partial charge in [-0.25, -0.2) is 4.79 Å². The molecule has 0 radical (unpaired) electrons. The zero-order chi connectivity index (χ0) is 25.0. The molecule has 0 saturated carbocycles. The van der Waals surface area contributed by atoms with Gasteiger partial charge in [-0.05, 0) is 30.7 Å². The van der Waals surface area contributed by atoms with E-state index in [2.05, 4.69) is 10.6 Å². The van der Waals surface area contributed by atoms with Crippen LogP contribution < -0.4 is 10.6 Å². The predicted molar refractivity (Wildman–Crippen MR) is 137 cm³/mol. The maximum atomic E-state index is 12.8. The summed E-state index contributed by atoms with van der Waals surface area (Å²) >= 11 is 1.22. The van der Waals surface area contributed by atoms with Crippen LogP contribution >= 0.6 is 11.8 Å². The van der Waals surface area contributed by atoms with Crippen LogP contribution in [0.5, 0.6) is 0 Å². The van der Waals surface area contributed by atoms with Crippen molar-refractivity contribution in [1.82, 2.24) is 5.32 Å². The van der Waals surface area contributed by atoms with Gasteiger partial charge in [-0.3, -0.25) is 9.59 Å². The highest BCUT2D eigenvalue weighted by atomic mass is 32.2. The summed E-state index contributed by atoms with van der Waals surface area (Å²) in [5.74, 6) is -1.10. The van der Waals surface area contributed by atoms with E-state index in [4.69, 9.17) is 9.47 Å². The molecule has 35 heavy (non-hydrogen) atoms. The van der Waals surface area contributed by atoms with Crippen molar-refractivity contribution in [2.24, 2.45) is 0 Å². The fourth-order valence-corrected chi connectivity index (χ4v) is 4.09. The van der Waals surface area contributed by atoms with Gasteiger partial charge in [-0.15, -0.1) is 11.8 Å². The number of anilines is 1. The predicted octanol–water partition coefficient (Wildman–Crippen LogP) is 4.39. The summed E-state index contributed by atoms with van der Waals surface area (Å²) in [6.45, 7) is 2.37. The molecule has 3 rings (SSSR count). The van der Waals surface area contributed by atoms with Gasteiger partial charge in [0.1, 0.15) is 0 Å². The first-order chi connectivity index (χ1) is 17.0. The Bertz CT molecular complexity index is 1150. The number of hydrogen-bond donors (Lipinski definition) is 2. The van der Waals surface area contributed by atoms with Gasteiger partial charge in [0.05, 0.1) is 17.9 Å². The monoisotopic (exact) mass is 492 g/mol. The third-order valence-electron chi connectivity index (χ3n) is 5.02. The van der Waals surface area contributed by atoms with E-state index in [1.165, 1.54) is 18.7 Å². The zero-order valence-electron chi connectivity index (χ0n) is 19.7. The standard InChI is InChI=1S/C27H28N2O5S/c1-19(26(31)29-23-14-8-6-12-21(23)20-10-4-3-5-11-20)34-27(32)22-13-7-9-15-24(22)35-18-25(30)28-16-17-33-2/h3-15,19H,16-18H2,1-2H3,(H,28,30)(H,29,31)/t19-/m1/s1. The fourth-order valence-electron chi connectivity index (χ4n) is 3.22. The average molecular weight is 493 g/mol. The molecule has 0 unspecified atom stereocenters. The third-order valence-corrected chi connectivity index (χ3v) is 6.09. The molecular formula is C27H28N2O5S. The highest BCUT2D eigenvalue weighted by Crippen LogP contribution is 2.28. The second-order valence-corrected chi connectivity index (χ2v) is 8.59. The van der Waals surface area contributed by atoms with Crippen molar-refractivity contribution in [1.29, 1.82) is 0 Å². The number of methoxy groups -OCH3 is 1. The molecular weight excluding hydrogens is 464 g/mol. The van der Waals surface area contributed by atoms with Crippen LogP contribution in [0.2, 0.25) is 0 Å². The summed E-state index contributed by atoms with van der Waals surface area (Å²) in [6, 6.07) is 24.0. The van der Waals surface area contributed by atoms with Gasteiger partial charge in [-0.2, -0.15) is 0 Å². The second kappa shape index (κ2) is 13.3. The number of esters is 1. The Kier molecular flexibility index (Phi) is 9.89. The molecule has 1 atom stereocenters. The van der Waals surface area contributed by atoms with Crippen LogP contribution in [0.15, 0.2) is 83.8 Å². The molecule has 0 aromatic heterocycles. The molecule has 7 nitrogen and oxygen atoms in total. The Morgan fingerprint density at radius 1 is 0.914 bits per heavy atom. The van der Waals surface area contributed by atoms with Crippen LogP contribution in [0.1, 0.15) is 17.3 Å². The number of ether oxygens (including phenoxy) is 2. The maximum absolute atomic E-state index is 12.8. The fraction of sp³-hybridized carbons (Fsp3) is 0.222. The lowest BCUT2D eigenvalue weighted by Gasteiger charge is -2.16. The lowest BCUT2D eigenvalue weighted by Crippen LogP contribution is -2.30. The molecule has 182 valence electrons. The van der Waals surface area contributed by atoms with E-state index in [-0.39, 0.29) is 11.7 Å². The van der Waals surface area contributed by atoms with Crippen molar-refractivity contribution in [3.63, 3.8) is 0 Å². The molecule has 0 saturated heterocycles. The van der Waals surface area contributed by atoms with E-state index in [0.717, 1.165) is 11.1 Å². The highest BCUT2D eigenvalue weighted by molar-refractivity contribution is 8.00. The van der Waals surface area contributed by atoms with Gasteiger partial charge in [0.15, 0.2) is 6.10 Å². The van der Waals surface area contributed by atoms with Crippen molar-refractivity contribution < 1.29 is 23.9 Å². The third kappa shape index (κ3) is 7.70. The minimum atomic E-state index is -1.03. The lowest BCUT2D eigenvalue weighted by molar-refractivity contribution is -0.123. The van der Waals surface area contributed by atoms with Gasteiger partial charge >= 0.3 is 5.97 Å². The number of rotatable bonds is 11. The van der Waals surface area contributed by atoms with E-state index in [0.29, 0.717) is 29.3 Å². The molecule has 3 aromatic rings. The van der Waals surface area contributed by atoms with Crippen molar-refractivity contribution in [2.75, 3.05) is 31.3 Å². The van der Waals surface area contributed by atoms with Gasteiger partial charge in [-0.1, -0.05) is 60.7 Å². The summed E-state index contributed by atoms with van der Waals surface area (Å²) in [6.07, 6.45) is -1.03. The second-order valence-electron chi connectivity index (χ2n) is 7.58. The Labute approximate surface area is 209 Å². The Morgan fingerprint density at radius 3 is 2.37 bits per heavy atom. The molecule has 0 heterocycles. The average Bonchev–Trinajstić information content (AvgIpc) is 2.88. The summed E-state index contributed by atoms with van der Waals surface area (Å²) in [5, 5.41) is 5.60. The van der Waals surface area contributed by atoms with Crippen LogP contribution in [-0.2, 0) is 19.1 Å². The Hall–Kier alpha value is -3.62. The van der Waals surface area contributed by atoms with Crippen molar-refractivity contribution in [3.8, 4) is 11.1 Å². The zero-order valence-corrected chi connectivity index (χ0v) is 20.5. The molecule has 0 fully saturated rings. The van der Waals surface area contributed by atoms with Crippen molar-refractivity contribution >= 4 is 35.2 Å². The molecule has 0 aliphatic heterocycles. The Morgan fingerprint density at radius 2 is 1.60 bits per heavy atom. The number of nitrogens with one attached hydrogen (secondary N) is 2. The van der Waals surface area contributed by atoms with Gasteiger partial charge in [0.25, 0.3) is 5.91 Å². The van der Waals surface area contributed by atoms with Crippen LogP contribution in [0, 0.1) is 0 Å². The van der Waals surface area contributed by atoms with E-state index in [1.807, 2.05) is 48.5 Å². The van der Waals surface area contributed by atoms with E-state index < -0.39 is 18.0 Å². The number of hydrogen-bond acceptors (Lipinski definition) is 6. The normalized spacial score (nSPS) is 11.4. The van der Waals surface area contributed by atoms with Crippen molar-refractivity contribution in [2.45, 2.75) is 17.9 Å². The highest BCUT2D eigenvalue weighted by Gasteiger charge is 2.22. The first-order valence-electron chi connectivity index (χ1n) is 11.1. The molecule has 2 N–H and O–H groups in total. The number of carbonyl (C=O) groups excluding carboxylic acids is 3. The molecule has 8 heteroatoms. The first kappa shape index (κ1) is 26.0. The minimum Gasteiger partial charge on any atom is -0.449 e. The van der Waals surface area contributed by atoms with E-state index >= 15 is 0 Å². The van der Waals surface area contributed by atoms with Gasteiger partial charge in [0, 0.05) is 29.8 Å². The summed E-state index contributed by atoms with van der Waals surface area (Å²) in [5.41, 5.74) is 2.75. The van der Waals surface area contributed by atoms with Gasteiger partial charge < -0.3 is 20.1 Å². The molecule has 0 aliphatic rings. The number of amides is 2. The molecule has 3 aromatic carbocycles. The smallest absolute Gasteiger partial charge is 0.340 e. The largest absolute Gasteiger partial charge is 0.449 e. The number of para-hydroxylation sites is 1. The van der Waals surface area contributed by atoms with E-state index in [1.54, 1.807) is 37.4 Å². The molecule has 0 spiro atoms. The summed E-state index contributed by atoms with van der Waals surface area (Å²) in [7, 11) is 1.56. The van der Waals surface area contributed by atoms with Crippen LogP contribution in [0.25, 0.3) is 11.1 Å². The lowest BCUT2D eigenvalue weighted by atomic mass is 10.0. The van der Waals surface area contributed by atoms with Crippen molar-refractivity contribution in [3.05, 3.63) is 84.4 Å². The summed E-state index contributed by atoms with van der Waals surface area (Å²) in [4.78, 5) is 38.3. The number of thioether (sulfide) groups is 1. The van der Waals surface area contributed by atoms with E-state index in [9.17, 15) is 14.4 Å². The number of benzene rings is 3. The maximum Gasteiger partial charge on any atom is 0.340 e. The van der Waals surface area contributed by atoms with Crippen LogP contribution in [-0.4, -0.2) is 49.9 Å². The van der Waals surface area contributed by atoms with Crippen LogP contribution in [0.3, 0.4) is 0 Å². The topological polar surface area (TPSA) is 93.7 Å². The first-order valence-corrected chi connectivity index (χ1v) is 12.1. The quantitative estimate of drug-likeness (QED) is 0.234. The molecule has 2 amide bonds. The SMILES string of the molecule is COCCNC(=O)CSc1ccccc1C(=O)O[C@H](C)C(=O)Nc1ccccc1-c1ccccc1. The van der Waals surface area contributed by atoms with Gasteiger partial charge in [0.2, 0.25) is 5.91 Å². The summed E-state index contributed by atoms with van der Waals surface area (Å²) < 4.78 is 10.4. The number of carbonyl (C=O) groups is 3. The van der Waals surface area contributed by atoms with Crippen LogP contribution in [0.4, 0.5) is 5.69 Å². The minimum absolute atomic E-state index is 0.139.